The average molecular weight is 438 g/mol. The molecule has 0 bridgehead atoms. The third kappa shape index (κ3) is 3.72. The molecule has 1 aliphatic heterocycles. The van der Waals surface area contributed by atoms with Gasteiger partial charge in [0.05, 0.1) is 6.26 Å². The van der Waals surface area contributed by atoms with Crippen molar-refractivity contribution in [3.05, 3.63) is 65.8 Å². The fourth-order valence-corrected chi connectivity index (χ4v) is 4.55. The maximum Gasteiger partial charge on any atom is 0.289 e. The van der Waals surface area contributed by atoms with Gasteiger partial charge in [0.15, 0.2) is 10.7 Å². The van der Waals surface area contributed by atoms with Crippen LogP contribution in [0.15, 0.2) is 58.7 Å². The number of likely N-dealkylation sites (tertiary alicyclic amines) is 1. The van der Waals surface area contributed by atoms with Crippen LogP contribution in [-0.4, -0.2) is 39.2 Å². The molecule has 1 aromatic carbocycles. The quantitative estimate of drug-likeness (QED) is 0.516. The molecule has 1 N–H and O–H groups in total. The van der Waals surface area contributed by atoms with Gasteiger partial charge in [-0.1, -0.05) is 0 Å². The van der Waals surface area contributed by atoms with Gasteiger partial charge in [0, 0.05) is 36.1 Å². The summed E-state index contributed by atoms with van der Waals surface area (Å²) in [5.74, 6) is 0.0738. The summed E-state index contributed by atoms with van der Waals surface area (Å²) in [4.78, 5) is 32.5. The highest BCUT2D eigenvalue weighted by Crippen LogP contribution is 2.32. The number of aromatic nitrogens is 2. The molecule has 158 valence electrons. The molecule has 4 heterocycles. The van der Waals surface area contributed by atoms with E-state index in [9.17, 15) is 14.0 Å². The first-order valence-electron chi connectivity index (χ1n) is 9.95. The number of hydrogen-bond donors (Lipinski definition) is 1. The lowest BCUT2D eigenvalue weighted by Crippen LogP contribution is -2.41. The van der Waals surface area contributed by atoms with Gasteiger partial charge in [0.1, 0.15) is 17.3 Å². The third-order valence-electron chi connectivity index (χ3n) is 5.51. The highest BCUT2D eigenvalue weighted by atomic mass is 32.1. The maximum absolute atomic E-state index is 13.4. The second kappa shape index (κ2) is 7.99. The summed E-state index contributed by atoms with van der Waals surface area (Å²) in [7, 11) is 0. The predicted molar refractivity (Wildman–Crippen MR) is 114 cm³/mol. The largest absolute Gasteiger partial charge is 0.459 e. The minimum absolute atomic E-state index is 0.110. The highest BCUT2D eigenvalue weighted by Gasteiger charge is 2.30. The Bertz CT molecular complexity index is 1220. The zero-order chi connectivity index (χ0) is 21.4. The number of halogens is 1. The number of carbonyl (C=O) groups excluding carboxylic acids is 2. The molecule has 0 spiro atoms. The van der Waals surface area contributed by atoms with Gasteiger partial charge in [-0.15, -0.1) is 11.3 Å². The van der Waals surface area contributed by atoms with E-state index in [0.717, 1.165) is 10.5 Å². The van der Waals surface area contributed by atoms with E-state index in [4.69, 9.17) is 4.42 Å². The van der Waals surface area contributed by atoms with E-state index < -0.39 is 0 Å². The lowest BCUT2D eigenvalue weighted by molar-refractivity contribution is -0.121. The highest BCUT2D eigenvalue weighted by molar-refractivity contribution is 7.15. The number of amides is 2. The van der Waals surface area contributed by atoms with Gasteiger partial charge in [-0.05, 0) is 49.2 Å². The maximum atomic E-state index is 13.4. The van der Waals surface area contributed by atoms with Gasteiger partial charge in [-0.3, -0.25) is 14.0 Å². The molecule has 3 aromatic heterocycles. The number of nitrogens with one attached hydrogen (secondary N) is 1. The number of furan rings is 1. The first kappa shape index (κ1) is 19.5. The van der Waals surface area contributed by atoms with Crippen molar-refractivity contribution >= 4 is 33.9 Å². The normalized spacial score (nSPS) is 14.8. The van der Waals surface area contributed by atoms with Gasteiger partial charge in [0.25, 0.3) is 5.91 Å². The predicted octanol–water partition coefficient (Wildman–Crippen LogP) is 4.29. The molecule has 5 rings (SSSR count). The summed E-state index contributed by atoms with van der Waals surface area (Å²) in [6.07, 6.45) is 4.45. The molecular weight excluding hydrogens is 419 g/mol. The zero-order valence-corrected chi connectivity index (χ0v) is 17.3. The van der Waals surface area contributed by atoms with E-state index in [1.165, 1.54) is 29.7 Å². The fraction of sp³-hybridized carbons (Fsp3) is 0.227. The van der Waals surface area contributed by atoms with Crippen LogP contribution in [0.4, 0.5) is 10.2 Å². The minimum atomic E-state index is -0.328. The Morgan fingerprint density at radius 1 is 1.16 bits per heavy atom. The van der Waals surface area contributed by atoms with Crippen molar-refractivity contribution < 1.29 is 18.4 Å². The zero-order valence-electron chi connectivity index (χ0n) is 16.5. The van der Waals surface area contributed by atoms with E-state index in [2.05, 4.69) is 10.3 Å². The first-order chi connectivity index (χ1) is 15.1. The van der Waals surface area contributed by atoms with E-state index >= 15 is 0 Å². The summed E-state index contributed by atoms with van der Waals surface area (Å²) in [6.45, 7) is 0.978. The molecule has 4 aromatic rings. The smallest absolute Gasteiger partial charge is 0.289 e. The minimum Gasteiger partial charge on any atom is -0.459 e. The second-order valence-corrected chi connectivity index (χ2v) is 8.28. The molecule has 0 aliphatic carbocycles. The monoisotopic (exact) mass is 438 g/mol. The molecule has 1 aliphatic rings. The molecule has 9 heteroatoms. The summed E-state index contributed by atoms with van der Waals surface area (Å²) in [6, 6.07) is 9.37. The fourth-order valence-electron chi connectivity index (χ4n) is 3.83. The van der Waals surface area contributed by atoms with Crippen molar-refractivity contribution in [2.45, 2.75) is 12.8 Å². The summed E-state index contributed by atoms with van der Waals surface area (Å²) < 4.78 is 20.4. The number of fused-ring (bicyclic) bond motifs is 1. The first-order valence-corrected chi connectivity index (χ1v) is 10.8. The van der Waals surface area contributed by atoms with Crippen molar-refractivity contribution in [1.29, 1.82) is 0 Å². The van der Waals surface area contributed by atoms with Crippen molar-refractivity contribution in [3.8, 4) is 11.3 Å². The number of rotatable bonds is 4. The molecule has 0 radical (unpaired) electrons. The Morgan fingerprint density at radius 3 is 2.65 bits per heavy atom. The topological polar surface area (TPSA) is 79.9 Å². The van der Waals surface area contributed by atoms with Gasteiger partial charge >= 0.3 is 0 Å². The van der Waals surface area contributed by atoms with Crippen molar-refractivity contribution in [2.75, 3.05) is 18.4 Å². The number of benzene rings is 1. The van der Waals surface area contributed by atoms with Crippen LogP contribution in [0.3, 0.4) is 0 Å². The molecule has 1 fully saturated rings. The van der Waals surface area contributed by atoms with Crippen molar-refractivity contribution in [3.63, 3.8) is 0 Å². The van der Waals surface area contributed by atoms with E-state index in [1.54, 1.807) is 29.2 Å². The Morgan fingerprint density at radius 2 is 1.94 bits per heavy atom. The third-order valence-corrected chi connectivity index (χ3v) is 6.26. The molecule has 2 amide bonds. The molecule has 0 atom stereocenters. The van der Waals surface area contributed by atoms with Crippen LogP contribution in [0, 0.1) is 11.7 Å². The van der Waals surface area contributed by atoms with Crippen LogP contribution < -0.4 is 5.32 Å². The molecular formula is C22H19FN4O3S. The van der Waals surface area contributed by atoms with Crippen molar-refractivity contribution in [2.24, 2.45) is 5.92 Å². The van der Waals surface area contributed by atoms with Crippen LogP contribution in [0.25, 0.3) is 16.2 Å². The van der Waals surface area contributed by atoms with E-state index in [1.807, 2.05) is 16.0 Å². The Balaban J connectivity index is 1.32. The molecule has 1 saturated heterocycles. The van der Waals surface area contributed by atoms with Gasteiger partial charge in [-0.2, -0.15) is 0 Å². The van der Waals surface area contributed by atoms with Gasteiger partial charge in [0.2, 0.25) is 5.91 Å². The van der Waals surface area contributed by atoms with Crippen LogP contribution in [0.5, 0.6) is 0 Å². The summed E-state index contributed by atoms with van der Waals surface area (Å²) in [5.41, 5.74) is 1.33. The number of thiazole rings is 1. The van der Waals surface area contributed by atoms with E-state index in [-0.39, 0.29) is 23.5 Å². The van der Waals surface area contributed by atoms with Crippen molar-refractivity contribution in [1.82, 2.24) is 14.3 Å². The second-order valence-electron chi connectivity index (χ2n) is 7.40. The lowest BCUT2D eigenvalue weighted by Gasteiger charge is -2.30. The van der Waals surface area contributed by atoms with Crippen LogP contribution in [0.1, 0.15) is 23.4 Å². The summed E-state index contributed by atoms with van der Waals surface area (Å²) >= 11 is 1.46. The number of hydrogen-bond acceptors (Lipinski definition) is 5. The molecule has 0 saturated carbocycles. The molecule has 7 nitrogen and oxygen atoms in total. The number of carbonyl (C=O) groups is 2. The van der Waals surface area contributed by atoms with Crippen LogP contribution >= 0.6 is 11.3 Å². The Kier molecular flexibility index (Phi) is 5.03. The number of nitrogens with zero attached hydrogens (tertiary/aromatic N) is 3. The van der Waals surface area contributed by atoms with Gasteiger partial charge < -0.3 is 14.6 Å². The summed E-state index contributed by atoms with van der Waals surface area (Å²) in [5, 5.41) is 4.92. The van der Waals surface area contributed by atoms with Gasteiger partial charge in [-0.25, -0.2) is 9.37 Å². The number of anilines is 1. The standard InChI is InChI=1S/C22H19FN4O3S/c23-16-5-3-14(4-6-16)18-19(27-11-13-31-22(27)24-18)25-20(28)15-7-9-26(10-8-15)21(29)17-2-1-12-30-17/h1-6,11-13,15H,7-10H2,(H,25,28). The lowest BCUT2D eigenvalue weighted by atomic mass is 9.95. The average Bonchev–Trinajstić information content (AvgIpc) is 3.53. The SMILES string of the molecule is O=C(Nc1c(-c2ccc(F)cc2)nc2sccn12)C1CCN(C(=O)c2ccco2)CC1. The Hall–Kier alpha value is -3.46. The number of piperidine rings is 1. The van der Waals surface area contributed by atoms with Crippen LogP contribution in [-0.2, 0) is 4.79 Å². The Labute approximate surface area is 181 Å². The molecule has 31 heavy (non-hydrogen) atoms. The van der Waals surface area contributed by atoms with E-state index in [0.29, 0.717) is 43.2 Å². The number of imidazole rings is 1. The molecule has 0 unspecified atom stereocenters. The van der Waals surface area contributed by atoms with Crippen LogP contribution in [0.2, 0.25) is 0 Å².